The van der Waals surface area contributed by atoms with Gasteiger partial charge in [0.25, 0.3) is 0 Å². The van der Waals surface area contributed by atoms with Gasteiger partial charge in [-0.3, -0.25) is 22.0 Å². The Balaban J connectivity index is -0.0000000505. The van der Waals surface area contributed by atoms with Gasteiger partial charge >= 0.3 is 0 Å². The van der Waals surface area contributed by atoms with Crippen LogP contribution in [0.3, 0.4) is 0 Å². The van der Waals surface area contributed by atoms with Crippen LogP contribution in [0.5, 0.6) is 0 Å². The van der Waals surface area contributed by atoms with Gasteiger partial charge in [0.2, 0.25) is 0 Å². The minimum absolute atomic E-state index is 0. The smallest absolute Gasteiger partial charge is 0.161 e. The molecule has 0 aromatic rings. The molecule has 10 nitrogen and oxygen atoms in total. The first kappa shape index (κ1) is 59.0. The van der Waals surface area contributed by atoms with Crippen molar-refractivity contribution in [2.24, 2.45) is 5.73 Å². The topological polar surface area (TPSA) is 164 Å². The van der Waals surface area contributed by atoms with Gasteiger partial charge in [-0.05, 0) is 25.8 Å². The number of carboxylic acid groups (broad SMARTS) is 1. The number of nitrogens with two attached hydrogens (primary N) is 1. The summed E-state index contributed by atoms with van der Waals surface area (Å²) in [6, 6.07) is 0.177. The number of hydrogen-bond donors (Lipinski definition) is 5. The Labute approximate surface area is 312 Å². The molecule has 0 aliphatic carbocycles. The fourth-order valence-electron chi connectivity index (χ4n) is 2.84. The molecule has 3 fully saturated rings. The molecule has 3 radical (unpaired) electrons. The third-order valence-corrected chi connectivity index (χ3v) is 6.09. The molecule has 3 rings (SSSR count). The second kappa shape index (κ2) is 38.5. The molecule has 3 atom stereocenters. The second-order valence-electron chi connectivity index (χ2n) is 6.97. The van der Waals surface area contributed by atoms with E-state index < -0.39 is 5.97 Å². The van der Waals surface area contributed by atoms with Crippen molar-refractivity contribution in [1.29, 1.82) is 10.3 Å². The van der Waals surface area contributed by atoms with Gasteiger partial charge in [-0.2, -0.15) is 0 Å². The van der Waals surface area contributed by atoms with Crippen LogP contribution in [0.1, 0.15) is 33.1 Å². The Bertz CT molecular complexity index is 589. The Morgan fingerprint density at radius 2 is 1.24 bits per heavy atom. The van der Waals surface area contributed by atoms with E-state index in [0.29, 0.717) is 26.2 Å². The van der Waals surface area contributed by atoms with Gasteiger partial charge in [0, 0.05) is 165 Å². The Kier molecular flexibility index (Phi) is 59.7. The molecule has 38 heavy (non-hydrogen) atoms. The van der Waals surface area contributed by atoms with E-state index >= 15 is 0 Å². The number of likely N-dealkylation sites (tertiary alicyclic amines) is 2. The first-order chi connectivity index (χ1) is 15.1. The summed E-state index contributed by atoms with van der Waals surface area (Å²) in [5, 5.41) is 24.5. The normalized spacial score (nSPS) is 19.7. The number of aliphatic carboxylic acids is 1. The maximum atomic E-state index is 10.7. The van der Waals surface area contributed by atoms with Crippen LogP contribution in [0, 0.1) is 53.4 Å². The van der Waals surface area contributed by atoms with Crippen LogP contribution in [-0.4, -0.2) is 89.3 Å². The van der Waals surface area contributed by atoms with Gasteiger partial charge in [-0.15, -0.1) is 0 Å². The zero-order chi connectivity index (χ0) is 25.1. The maximum Gasteiger partial charge on any atom is 0.161 e. The molecular weight excluding hydrogens is 753 g/mol. The third kappa shape index (κ3) is 33.7. The zero-order valence-corrected chi connectivity index (χ0v) is 34.3. The molecule has 3 unspecified atom stereocenters. The van der Waals surface area contributed by atoms with Gasteiger partial charge in [-0.25, -0.2) is 0 Å². The van der Waals surface area contributed by atoms with Crippen molar-refractivity contribution in [3.05, 3.63) is 43.1 Å². The van der Waals surface area contributed by atoms with Crippen LogP contribution < -0.4 is 11.1 Å². The zero-order valence-electron chi connectivity index (χ0n) is 24.0. The van der Waals surface area contributed by atoms with Crippen LogP contribution in [-0.2, 0) is 113 Å². The molecule has 2 amide bonds. The third-order valence-electron chi connectivity index (χ3n) is 4.49. The van der Waals surface area contributed by atoms with E-state index in [-0.39, 0.29) is 138 Å². The molecule has 219 valence electrons. The average Bonchev–Trinajstić information content (AvgIpc) is 3.51. The van der Waals surface area contributed by atoms with E-state index in [2.05, 4.69) is 26.1 Å². The van der Waals surface area contributed by atoms with Crippen LogP contribution in [0.4, 0.5) is 0 Å². The Morgan fingerprint density at radius 1 is 0.842 bits per heavy atom. The number of amides is 2. The minimum Gasteiger partial charge on any atom is -0.503 e. The first-order valence-electron chi connectivity index (χ1n) is 10.6. The quantitative estimate of drug-likeness (QED) is 0.211. The average molecular weight is 801 g/mol. The summed E-state index contributed by atoms with van der Waals surface area (Å²) in [5.41, 5.74) is 6.53. The van der Waals surface area contributed by atoms with Gasteiger partial charge < -0.3 is 71.7 Å². The van der Waals surface area contributed by atoms with Gasteiger partial charge in [0.15, 0.2) is 5.97 Å². The summed E-state index contributed by atoms with van der Waals surface area (Å²) in [7, 11) is 1.46. The minimum atomic E-state index is -1.08. The fraction of sp³-hybridized carbons (Fsp3) is 0.609. The molecule has 15 heteroatoms. The van der Waals surface area contributed by atoms with Crippen LogP contribution in [0.2, 0.25) is 0 Å². The first-order valence-corrected chi connectivity index (χ1v) is 12.5. The van der Waals surface area contributed by atoms with Crippen molar-refractivity contribution in [2.75, 3.05) is 39.3 Å². The molecule has 3 saturated heterocycles. The van der Waals surface area contributed by atoms with Gasteiger partial charge in [0.1, 0.15) is 0 Å². The van der Waals surface area contributed by atoms with E-state index in [1.165, 1.54) is 6.42 Å². The van der Waals surface area contributed by atoms with Gasteiger partial charge in [-0.1, -0.05) is 13.8 Å². The van der Waals surface area contributed by atoms with Crippen LogP contribution in [0.25, 0.3) is 0 Å². The molecule has 3 aliphatic rings. The molecule has 6 N–H and O–H groups in total. The predicted octanol–water partition coefficient (Wildman–Crippen LogP) is 3.84. The summed E-state index contributed by atoms with van der Waals surface area (Å²) in [4.78, 5) is 33.5. The summed E-state index contributed by atoms with van der Waals surface area (Å²) in [6.07, 6.45) is 3.08. The van der Waals surface area contributed by atoms with Gasteiger partial charge in [0.05, 0.1) is 11.8 Å². The molecule has 0 aromatic carbocycles. The van der Waals surface area contributed by atoms with E-state index in [1.807, 2.05) is 13.8 Å². The Hall–Kier alpha value is 1.45. The van der Waals surface area contributed by atoms with Crippen molar-refractivity contribution in [1.82, 2.24) is 15.1 Å². The van der Waals surface area contributed by atoms with Crippen molar-refractivity contribution in [2.45, 2.75) is 50.5 Å². The molecule has 0 spiro atoms. The Morgan fingerprint density at radius 3 is 1.42 bits per heavy atom. The fourth-order valence-corrected chi connectivity index (χ4v) is 3.84. The summed E-state index contributed by atoms with van der Waals surface area (Å²) < 4.78 is 0. The van der Waals surface area contributed by atoms with E-state index in [0.717, 1.165) is 53.9 Å². The number of nitrogens with zero attached hydrogens (tertiary/aromatic N) is 2. The number of hydrogen-bond acceptors (Lipinski definition) is 7. The molecule has 0 bridgehead atoms. The molecule has 3 heterocycles. The molecule has 3 aliphatic heterocycles. The summed E-state index contributed by atoms with van der Waals surface area (Å²) >= 11 is 0. The molecule has 0 aromatic heterocycles. The summed E-state index contributed by atoms with van der Waals surface area (Å²) in [5.74, 6) is -1.30. The number of carbonyl (C=O) groups is 3. The van der Waals surface area contributed by atoms with E-state index in [4.69, 9.17) is 26.0 Å². The van der Waals surface area contributed by atoms with Crippen molar-refractivity contribution >= 4 is 34.5 Å². The number of rotatable bonds is 2. The van der Waals surface area contributed by atoms with Crippen LogP contribution >= 0.6 is 16.7 Å². The predicted molar refractivity (Wildman–Crippen MR) is 149 cm³/mol. The molecular formula is C23H48N6O4P2Y3-6. The van der Waals surface area contributed by atoms with Crippen molar-refractivity contribution in [3.8, 4) is 0 Å². The summed E-state index contributed by atoms with van der Waals surface area (Å²) in [6.45, 7) is 18.3. The van der Waals surface area contributed by atoms with Crippen LogP contribution in [0.15, 0.2) is 0 Å². The second-order valence-corrected chi connectivity index (χ2v) is 8.95. The standard InChI is InChI=1S/C6H10N2OP.C6H11N2O.C4H9N2P.C2H3O2.C2H6.3CH3.3Y/c1-5(9)8-3-2-6(4-8)10-7;1-5(9)8-3-2-6(7)4-8;5-7-4-1-2-6-3-4;1-2(3)4;1-2;;;;;;/h6-7H,1-4H2;6H,1-4,7H2;4-6H,1-3H2;1H2,(H,3,4);1-2H3;3*1H3;;;/q2*-1;;-1;;3*-1;;;. The number of nitrogens with one attached hydrogen (secondary N) is 3. The van der Waals surface area contributed by atoms with Crippen molar-refractivity contribution in [3.63, 3.8) is 0 Å². The maximum absolute atomic E-state index is 10.7. The largest absolute Gasteiger partial charge is 0.503 e. The monoisotopic (exact) mass is 801 g/mol. The van der Waals surface area contributed by atoms with E-state index in [9.17, 15) is 9.59 Å². The number of carboxylic acids is 1. The van der Waals surface area contributed by atoms with Crippen molar-refractivity contribution < 1.29 is 118 Å². The SMILES string of the molecule is CC.N=PC1CCNC1.[CH2-]C(=O)N1CCC(N)C1.[CH2-]C(=O)N1CCC(P=N)C1.[CH2-]C(=O)O.[CH3-].[CH3-].[CH3-].[Y].[Y].[Y]. The van der Waals surface area contributed by atoms with E-state index in [1.54, 1.807) is 9.80 Å². The molecule has 0 saturated carbocycles. The number of carbonyl (C=O) groups excluding carboxylic acids is 2.